The minimum Gasteiger partial charge on any atom is -0.383 e. The van der Waals surface area contributed by atoms with E-state index in [0.29, 0.717) is 39.0 Å². The van der Waals surface area contributed by atoms with Gasteiger partial charge in [0, 0.05) is 11.8 Å². The van der Waals surface area contributed by atoms with Crippen LogP contribution in [-0.4, -0.2) is 24.7 Å². The Morgan fingerprint density at radius 1 is 0.970 bits per heavy atom. The van der Waals surface area contributed by atoms with Crippen molar-refractivity contribution >= 4 is 46.0 Å². The van der Waals surface area contributed by atoms with Crippen LogP contribution in [0.3, 0.4) is 0 Å². The lowest BCUT2D eigenvalue weighted by atomic mass is 10.1. The van der Waals surface area contributed by atoms with Crippen molar-refractivity contribution in [3.05, 3.63) is 88.4 Å². The SMILES string of the molecule is Nc1c2c(-c3ccccc3F)nc(NCc3ccccn3)nc2nn1-c1ccc(Cl)c(Cl)c1. The number of halogens is 3. The molecule has 0 amide bonds. The molecule has 0 aliphatic heterocycles. The minimum absolute atomic E-state index is 0.248. The standard InChI is InChI=1S/C23H16Cl2FN7/c24-16-9-8-14(11-17(16)25)33-21(27)19-20(15-6-1-2-7-18(15)26)30-23(31-22(19)32-33)29-12-13-5-3-4-10-28-13/h1-11H,12,27H2,(H,29,31,32). The number of nitrogens with two attached hydrogens (primary N) is 1. The van der Waals surface area contributed by atoms with E-state index in [9.17, 15) is 4.39 Å². The lowest BCUT2D eigenvalue weighted by Gasteiger charge is -2.09. The van der Waals surface area contributed by atoms with Crippen LogP contribution in [0.4, 0.5) is 16.2 Å². The number of nitrogens with zero attached hydrogens (tertiary/aromatic N) is 5. The molecule has 3 aromatic heterocycles. The maximum atomic E-state index is 14.8. The second-order valence-corrected chi connectivity index (χ2v) is 7.96. The van der Waals surface area contributed by atoms with Crippen LogP contribution in [-0.2, 0) is 6.54 Å². The Labute approximate surface area is 198 Å². The summed E-state index contributed by atoms with van der Waals surface area (Å²) in [5.74, 6) is 0.0815. The third kappa shape index (κ3) is 4.06. The van der Waals surface area contributed by atoms with Gasteiger partial charge in [-0.25, -0.2) is 14.1 Å². The summed E-state index contributed by atoms with van der Waals surface area (Å²) in [7, 11) is 0. The average Bonchev–Trinajstić information content (AvgIpc) is 3.16. The molecule has 0 bridgehead atoms. The fourth-order valence-electron chi connectivity index (χ4n) is 3.42. The number of rotatable bonds is 5. The van der Waals surface area contributed by atoms with E-state index in [0.717, 1.165) is 5.69 Å². The van der Waals surface area contributed by atoms with Gasteiger partial charge in [-0.2, -0.15) is 4.98 Å². The molecule has 0 saturated carbocycles. The summed E-state index contributed by atoms with van der Waals surface area (Å²) in [6, 6.07) is 17.0. The molecule has 0 aliphatic carbocycles. The lowest BCUT2D eigenvalue weighted by Crippen LogP contribution is -2.06. The minimum atomic E-state index is -0.435. The lowest BCUT2D eigenvalue weighted by molar-refractivity contribution is 0.631. The zero-order chi connectivity index (χ0) is 22.9. The van der Waals surface area contributed by atoms with Crippen molar-refractivity contribution in [3.8, 4) is 16.9 Å². The van der Waals surface area contributed by atoms with Crippen LogP contribution in [0, 0.1) is 5.82 Å². The predicted molar refractivity (Wildman–Crippen MR) is 128 cm³/mol. The van der Waals surface area contributed by atoms with Gasteiger partial charge in [0.25, 0.3) is 0 Å². The molecule has 7 nitrogen and oxygen atoms in total. The molecule has 0 unspecified atom stereocenters. The van der Waals surface area contributed by atoms with Crippen LogP contribution in [0.1, 0.15) is 5.69 Å². The van der Waals surface area contributed by atoms with Gasteiger partial charge in [-0.05, 0) is 42.5 Å². The van der Waals surface area contributed by atoms with Gasteiger partial charge < -0.3 is 11.1 Å². The summed E-state index contributed by atoms with van der Waals surface area (Å²) in [6.45, 7) is 0.381. The summed E-state index contributed by atoms with van der Waals surface area (Å²) in [5, 5.41) is 8.86. The van der Waals surface area contributed by atoms with Gasteiger partial charge in [-0.1, -0.05) is 41.4 Å². The molecule has 10 heteroatoms. The molecule has 0 spiro atoms. The second kappa shape index (κ2) is 8.65. The number of fused-ring (bicyclic) bond motifs is 1. The van der Waals surface area contributed by atoms with Crippen molar-refractivity contribution in [1.29, 1.82) is 0 Å². The van der Waals surface area contributed by atoms with E-state index >= 15 is 0 Å². The van der Waals surface area contributed by atoms with Crippen LogP contribution in [0.5, 0.6) is 0 Å². The van der Waals surface area contributed by atoms with Gasteiger partial charge in [-0.3, -0.25) is 4.98 Å². The highest BCUT2D eigenvalue weighted by atomic mass is 35.5. The molecule has 0 aliphatic rings. The molecule has 5 rings (SSSR count). The number of hydrogen-bond donors (Lipinski definition) is 2. The number of benzene rings is 2. The summed E-state index contributed by atoms with van der Waals surface area (Å²) in [6.07, 6.45) is 1.70. The van der Waals surface area contributed by atoms with E-state index in [4.69, 9.17) is 28.9 Å². The second-order valence-electron chi connectivity index (χ2n) is 7.14. The molecule has 0 radical (unpaired) electrons. The zero-order valence-corrected chi connectivity index (χ0v) is 18.5. The van der Waals surface area contributed by atoms with Crippen LogP contribution < -0.4 is 11.1 Å². The average molecular weight is 480 g/mol. The highest BCUT2D eigenvalue weighted by molar-refractivity contribution is 6.42. The number of aromatic nitrogens is 5. The van der Waals surface area contributed by atoms with Gasteiger partial charge in [0.2, 0.25) is 5.95 Å². The smallest absolute Gasteiger partial charge is 0.225 e. The first-order valence-corrected chi connectivity index (χ1v) is 10.7. The van der Waals surface area contributed by atoms with E-state index < -0.39 is 5.82 Å². The quantitative estimate of drug-likeness (QED) is 0.344. The van der Waals surface area contributed by atoms with Crippen molar-refractivity contribution in [2.75, 3.05) is 11.1 Å². The third-order valence-electron chi connectivity index (χ3n) is 5.00. The number of nitrogen functional groups attached to an aromatic ring is 1. The largest absolute Gasteiger partial charge is 0.383 e. The van der Waals surface area contributed by atoms with Crippen molar-refractivity contribution in [1.82, 2.24) is 24.7 Å². The molecule has 2 aromatic carbocycles. The van der Waals surface area contributed by atoms with Gasteiger partial charge in [0.05, 0.1) is 39.1 Å². The zero-order valence-electron chi connectivity index (χ0n) is 17.0. The topological polar surface area (TPSA) is 94.5 Å². The number of hydrogen-bond acceptors (Lipinski definition) is 6. The van der Waals surface area contributed by atoms with Crippen LogP contribution in [0.15, 0.2) is 66.9 Å². The van der Waals surface area contributed by atoms with Gasteiger partial charge in [0.15, 0.2) is 5.65 Å². The Hall–Kier alpha value is -3.75. The number of nitrogens with one attached hydrogen (secondary N) is 1. The fraction of sp³-hybridized carbons (Fsp3) is 0.0435. The summed E-state index contributed by atoms with van der Waals surface area (Å²) in [4.78, 5) is 13.4. The normalized spacial score (nSPS) is 11.1. The first kappa shape index (κ1) is 21.1. The Balaban J connectivity index is 1.67. The Kier molecular flexibility index (Phi) is 5.53. The Morgan fingerprint density at radius 2 is 1.79 bits per heavy atom. The van der Waals surface area contributed by atoms with Crippen molar-refractivity contribution in [2.45, 2.75) is 6.54 Å². The molecular formula is C23H16Cl2FN7. The maximum absolute atomic E-state index is 14.8. The molecule has 164 valence electrons. The van der Waals surface area contributed by atoms with E-state index in [1.54, 1.807) is 42.6 Å². The summed E-state index contributed by atoms with van der Waals surface area (Å²) in [5.41, 5.74) is 8.75. The summed E-state index contributed by atoms with van der Waals surface area (Å²) < 4.78 is 16.2. The molecule has 3 N–H and O–H groups in total. The van der Waals surface area contributed by atoms with Crippen LogP contribution in [0.2, 0.25) is 10.0 Å². The number of pyridine rings is 1. The molecule has 3 heterocycles. The van der Waals surface area contributed by atoms with E-state index in [2.05, 4.69) is 25.4 Å². The van der Waals surface area contributed by atoms with E-state index in [-0.39, 0.29) is 17.3 Å². The highest BCUT2D eigenvalue weighted by Crippen LogP contribution is 2.35. The van der Waals surface area contributed by atoms with Crippen molar-refractivity contribution in [3.63, 3.8) is 0 Å². The molecule has 33 heavy (non-hydrogen) atoms. The van der Waals surface area contributed by atoms with E-state index in [1.807, 2.05) is 18.2 Å². The van der Waals surface area contributed by atoms with Gasteiger partial charge in [-0.15, -0.1) is 5.10 Å². The molecule has 5 aromatic rings. The van der Waals surface area contributed by atoms with Gasteiger partial charge in [0.1, 0.15) is 11.6 Å². The predicted octanol–water partition coefficient (Wildman–Crippen LogP) is 5.52. The third-order valence-corrected chi connectivity index (χ3v) is 5.74. The Bertz CT molecular complexity index is 1470. The molecule has 0 fully saturated rings. The molecule has 0 saturated heterocycles. The first-order valence-electron chi connectivity index (χ1n) is 9.91. The van der Waals surface area contributed by atoms with Crippen molar-refractivity contribution in [2.24, 2.45) is 0 Å². The number of anilines is 2. The van der Waals surface area contributed by atoms with Gasteiger partial charge >= 0.3 is 0 Å². The van der Waals surface area contributed by atoms with Crippen molar-refractivity contribution < 1.29 is 4.39 Å². The monoisotopic (exact) mass is 479 g/mol. The highest BCUT2D eigenvalue weighted by Gasteiger charge is 2.21. The first-order chi connectivity index (χ1) is 16.0. The maximum Gasteiger partial charge on any atom is 0.225 e. The molecular weight excluding hydrogens is 464 g/mol. The molecule has 0 atom stereocenters. The Morgan fingerprint density at radius 3 is 2.55 bits per heavy atom. The van der Waals surface area contributed by atoms with E-state index in [1.165, 1.54) is 10.7 Å². The summed E-state index contributed by atoms with van der Waals surface area (Å²) >= 11 is 12.2. The fourth-order valence-corrected chi connectivity index (χ4v) is 3.72. The van der Waals surface area contributed by atoms with Crippen LogP contribution in [0.25, 0.3) is 28.0 Å². The van der Waals surface area contributed by atoms with Crippen LogP contribution >= 0.6 is 23.2 Å².